The third-order valence-electron chi connectivity index (χ3n) is 4.00. The lowest BCUT2D eigenvalue weighted by molar-refractivity contribution is -0.274. The molecule has 27 heavy (non-hydrogen) atoms. The molecule has 1 aliphatic rings. The first-order chi connectivity index (χ1) is 12.8. The second-order valence-electron chi connectivity index (χ2n) is 6.08. The molecular formula is C19H18F3NO3S. The van der Waals surface area contributed by atoms with E-state index in [1.807, 2.05) is 12.3 Å². The average molecular weight is 397 g/mol. The van der Waals surface area contributed by atoms with Crippen molar-refractivity contribution in [1.82, 2.24) is 5.32 Å². The summed E-state index contributed by atoms with van der Waals surface area (Å²) in [5.41, 5.74) is 2.35. The molecule has 4 nitrogen and oxygen atoms in total. The van der Waals surface area contributed by atoms with Crippen LogP contribution in [0.1, 0.15) is 5.56 Å². The molecule has 1 N–H and O–H groups in total. The zero-order chi connectivity index (χ0) is 19.4. The number of nitrogens with one attached hydrogen (secondary N) is 1. The quantitative estimate of drug-likeness (QED) is 0.800. The van der Waals surface area contributed by atoms with E-state index in [1.54, 1.807) is 18.2 Å². The summed E-state index contributed by atoms with van der Waals surface area (Å²) in [6.45, 7) is 0.415. The number of carbonyl (C=O) groups excluding carboxylic acids is 1. The molecule has 1 unspecified atom stereocenters. The minimum Gasteiger partial charge on any atom is -0.488 e. The summed E-state index contributed by atoms with van der Waals surface area (Å²) in [4.78, 5) is 11.6. The van der Waals surface area contributed by atoms with Crippen LogP contribution in [0.15, 0.2) is 42.5 Å². The number of hydrogen-bond acceptors (Lipinski definition) is 4. The zero-order valence-electron chi connectivity index (χ0n) is 14.5. The van der Waals surface area contributed by atoms with Gasteiger partial charge in [0.1, 0.15) is 17.6 Å². The van der Waals surface area contributed by atoms with Crippen molar-refractivity contribution in [3.05, 3.63) is 48.0 Å². The lowest BCUT2D eigenvalue weighted by Crippen LogP contribution is -2.35. The average Bonchev–Trinajstić information content (AvgIpc) is 3.01. The fourth-order valence-corrected chi connectivity index (χ4v) is 3.26. The van der Waals surface area contributed by atoms with E-state index in [-0.39, 0.29) is 17.8 Å². The largest absolute Gasteiger partial charge is 0.573 e. The van der Waals surface area contributed by atoms with Gasteiger partial charge in [0, 0.05) is 6.42 Å². The molecule has 2 aromatic rings. The van der Waals surface area contributed by atoms with Crippen LogP contribution < -0.4 is 14.8 Å². The standard InChI is InChI=1S/C19H18F3NO3S/c1-27-11-18(24)23-10-16-9-14-7-13(5-6-17(14)25-16)12-3-2-4-15(8-12)26-19(20,21)22/h2-8,16H,9-11H2,1H3,(H,23,24). The highest BCUT2D eigenvalue weighted by atomic mass is 32.2. The summed E-state index contributed by atoms with van der Waals surface area (Å²) in [6, 6.07) is 11.3. The summed E-state index contributed by atoms with van der Waals surface area (Å²) < 4.78 is 47.0. The highest BCUT2D eigenvalue weighted by Gasteiger charge is 2.31. The molecule has 0 radical (unpaired) electrons. The number of alkyl halides is 3. The first-order valence-corrected chi connectivity index (χ1v) is 9.65. The van der Waals surface area contributed by atoms with Gasteiger partial charge in [0.05, 0.1) is 12.3 Å². The van der Waals surface area contributed by atoms with E-state index >= 15 is 0 Å². The highest BCUT2D eigenvalue weighted by Crippen LogP contribution is 2.34. The third-order valence-corrected chi connectivity index (χ3v) is 4.56. The second-order valence-corrected chi connectivity index (χ2v) is 6.95. The maximum Gasteiger partial charge on any atom is 0.573 e. The number of amides is 1. The van der Waals surface area contributed by atoms with Crippen LogP contribution in [-0.2, 0) is 11.2 Å². The Balaban J connectivity index is 1.69. The van der Waals surface area contributed by atoms with Crippen molar-refractivity contribution >= 4 is 17.7 Å². The maximum absolute atomic E-state index is 12.4. The van der Waals surface area contributed by atoms with E-state index in [4.69, 9.17) is 4.74 Å². The van der Waals surface area contributed by atoms with E-state index in [1.165, 1.54) is 30.0 Å². The Labute approximate surface area is 159 Å². The van der Waals surface area contributed by atoms with Gasteiger partial charge in [0.15, 0.2) is 0 Å². The van der Waals surface area contributed by atoms with E-state index in [2.05, 4.69) is 10.1 Å². The van der Waals surface area contributed by atoms with E-state index < -0.39 is 6.36 Å². The van der Waals surface area contributed by atoms with Gasteiger partial charge in [-0.15, -0.1) is 13.2 Å². The predicted octanol–water partition coefficient (Wildman–Crippen LogP) is 4.03. The number of carbonyl (C=O) groups is 1. The van der Waals surface area contributed by atoms with Crippen LogP contribution in [-0.4, -0.2) is 36.9 Å². The number of halogens is 3. The predicted molar refractivity (Wildman–Crippen MR) is 98.1 cm³/mol. The van der Waals surface area contributed by atoms with Crippen molar-refractivity contribution in [1.29, 1.82) is 0 Å². The van der Waals surface area contributed by atoms with Crippen molar-refractivity contribution in [2.45, 2.75) is 18.9 Å². The van der Waals surface area contributed by atoms with Gasteiger partial charge >= 0.3 is 6.36 Å². The molecule has 0 fully saturated rings. The van der Waals surface area contributed by atoms with E-state index in [9.17, 15) is 18.0 Å². The van der Waals surface area contributed by atoms with Crippen molar-refractivity contribution in [3.63, 3.8) is 0 Å². The van der Waals surface area contributed by atoms with Gasteiger partial charge in [-0.25, -0.2) is 0 Å². The van der Waals surface area contributed by atoms with Crippen molar-refractivity contribution in [3.8, 4) is 22.6 Å². The Kier molecular flexibility index (Phi) is 5.84. The number of rotatable bonds is 6. The molecule has 8 heteroatoms. The monoisotopic (exact) mass is 397 g/mol. The summed E-state index contributed by atoms with van der Waals surface area (Å²) in [6.07, 6.45) is -2.39. The first-order valence-electron chi connectivity index (χ1n) is 8.25. The number of benzene rings is 2. The fraction of sp³-hybridized carbons (Fsp3) is 0.316. The lowest BCUT2D eigenvalue weighted by atomic mass is 10.0. The van der Waals surface area contributed by atoms with Gasteiger partial charge in [-0.05, 0) is 47.2 Å². The summed E-state index contributed by atoms with van der Waals surface area (Å²) in [7, 11) is 0. The molecule has 0 bridgehead atoms. The third kappa shape index (κ3) is 5.32. The van der Waals surface area contributed by atoms with Gasteiger partial charge in [-0.3, -0.25) is 4.79 Å². The molecule has 144 valence electrons. The molecule has 1 heterocycles. The van der Waals surface area contributed by atoms with Crippen LogP contribution in [0.25, 0.3) is 11.1 Å². The Bertz CT molecular complexity index is 826. The summed E-state index contributed by atoms with van der Waals surface area (Å²) >= 11 is 1.45. The number of thioether (sulfide) groups is 1. The van der Waals surface area contributed by atoms with Crippen LogP contribution in [0.2, 0.25) is 0 Å². The van der Waals surface area contributed by atoms with Crippen molar-refractivity contribution < 1.29 is 27.4 Å². The normalized spacial score (nSPS) is 15.8. The molecule has 1 amide bonds. The lowest BCUT2D eigenvalue weighted by Gasteiger charge is -2.11. The van der Waals surface area contributed by atoms with Gasteiger partial charge in [0.2, 0.25) is 5.91 Å². The fourth-order valence-electron chi connectivity index (χ4n) is 2.90. The molecule has 2 aromatic carbocycles. The van der Waals surface area contributed by atoms with Gasteiger partial charge in [-0.2, -0.15) is 11.8 Å². The molecule has 1 atom stereocenters. The first kappa shape index (κ1) is 19.4. The summed E-state index contributed by atoms with van der Waals surface area (Å²) in [5.74, 6) is 0.834. The molecule has 1 aliphatic heterocycles. The Morgan fingerprint density at radius 2 is 2.04 bits per heavy atom. The number of fused-ring (bicyclic) bond motifs is 1. The van der Waals surface area contributed by atoms with Crippen LogP contribution >= 0.6 is 11.8 Å². The Morgan fingerprint density at radius 3 is 2.78 bits per heavy atom. The van der Waals surface area contributed by atoms with Crippen molar-refractivity contribution in [2.75, 3.05) is 18.6 Å². The molecule has 3 rings (SSSR count). The highest BCUT2D eigenvalue weighted by molar-refractivity contribution is 7.99. The minimum absolute atomic E-state index is 0.0378. The van der Waals surface area contributed by atoms with Crippen LogP contribution in [0.5, 0.6) is 11.5 Å². The van der Waals surface area contributed by atoms with E-state index in [0.29, 0.717) is 24.3 Å². The summed E-state index contributed by atoms with van der Waals surface area (Å²) in [5, 5.41) is 2.83. The van der Waals surface area contributed by atoms with Gasteiger partial charge < -0.3 is 14.8 Å². The van der Waals surface area contributed by atoms with Crippen molar-refractivity contribution in [2.24, 2.45) is 0 Å². The minimum atomic E-state index is -4.72. The maximum atomic E-state index is 12.4. The second kappa shape index (κ2) is 8.12. The smallest absolute Gasteiger partial charge is 0.488 e. The van der Waals surface area contributed by atoms with Crippen LogP contribution in [0.4, 0.5) is 13.2 Å². The molecule has 0 saturated carbocycles. The zero-order valence-corrected chi connectivity index (χ0v) is 15.3. The molecule has 0 saturated heterocycles. The van der Waals surface area contributed by atoms with Gasteiger partial charge in [-0.1, -0.05) is 18.2 Å². The molecular weight excluding hydrogens is 379 g/mol. The number of hydrogen-bond donors (Lipinski definition) is 1. The van der Waals surface area contributed by atoms with Crippen LogP contribution in [0.3, 0.4) is 0 Å². The molecule has 0 spiro atoms. The van der Waals surface area contributed by atoms with E-state index in [0.717, 1.165) is 16.9 Å². The molecule has 0 aliphatic carbocycles. The molecule has 0 aromatic heterocycles. The Hall–Kier alpha value is -2.35. The Morgan fingerprint density at radius 1 is 1.26 bits per heavy atom. The topological polar surface area (TPSA) is 47.6 Å². The van der Waals surface area contributed by atoms with Gasteiger partial charge in [0.25, 0.3) is 0 Å². The number of ether oxygens (including phenoxy) is 2. The SMILES string of the molecule is CSCC(=O)NCC1Cc2cc(-c3cccc(OC(F)(F)F)c3)ccc2O1. The van der Waals surface area contributed by atoms with Crippen LogP contribution in [0, 0.1) is 0 Å².